The number of hydrogen-bond acceptors (Lipinski definition) is 8. The SMILES string of the molecule is COC(=O)c1cc(-n2nnnc2[C@@H]2O[C@@](C)(C(F)(F)F)[C@@H](C)[C@H]2c2ccc(F)c(F)c2OC)ccn1. The largest absolute Gasteiger partial charge is 0.493 e. The monoisotopic (exact) mass is 513 g/mol. The molecule has 1 aliphatic heterocycles. The first-order valence-corrected chi connectivity index (χ1v) is 10.5. The van der Waals surface area contributed by atoms with Gasteiger partial charge in [0.25, 0.3) is 0 Å². The van der Waals surface area contributed by atoms with Crippen molar-refractivity contribution < 1.29 is 41.0 Å². The Bertz CT molecular complexity index is 1300. The van der Waals surface area contributed by atoms with Gasteiger partial charge in [-0.15, -0.1) is 5.10 Å². The fourth-order valence-corrected chi connectivity index (χ4v) is 4.36. The smallest absolute Gasteiger partial charge is 0.417 e. The van der Waals surface area contributed by atoms with Crippen molar-refractivity contribution in [3.8, 4) is 11.4 Å². The molecule has 3 aromatic rings. The average molecular weight is 513 g/mol. The lowest BCUT2D eigenvalue weighted by atomic mass is 9.77. The van der Waals surface area contributed by atoms with E-state index in [4.69, 9.17) is 9.47 Å². The number of carbonyl (C=O) groups excluding carboxylic acids is 1. The molecule has 0 saturated carbocycles. The van der Waals surface area contributed by atoms with Gasteiger partial charge in [-0.1, -0.05) is 13.0 Å². The van der Waals surface area contributed by atoms with Crippen LogP contribution in [-0.2, 0) is 9.47 Å². The maximum atomic E-state index is 14.6. The van der Waals surface area contributed by atoms with Crippen LogP contribution in [0, 0.1) is 17.6 Å². The number of methoxy groups -OCH3 is 2. The van der Waals surface area contributed by atoms with Crippen molar-refractivity contribution in [3.05, 3.63) is 59.2 Å². The van der Waals surface area contributed by atoms with Gasteiger partial charge in [0.2, 0.25) is 5.82 Å². The molecule has 4 atom stereocenters. The molecule has 0 radical (unpaired) electrons. The zero-order chi connectivity index (χ0) is 26.4. The van der Waals surface area contributed by atoms with Crippen molar-refractivity contribution in [2.45, 2.75) is 37.6 Å². The molecule has 0 N–H and O–H groups in total. The molecule has 2 aromatic heterocycles. The molecule has 1 aromatic carbocycles. The van der Waals surface area contributed by atoms with Crippen molar-refractivity contribution in [2.24, 2.45) is 5.92 Å². The molecular formula is C22H20F5N5O4. The first-order valence-electron chi connectivity index (χ1n) is 10.5. The number of halogens is 5. The maximum absolute atomic E-state index is 14.6. The lowest BCUT2D eigenvalue weighted by Gasteiger charge is -2.32. The molecule has 4 rings (SSSR count). The number of ether oxygens (including phenoxy) is 3. The van der Waals surface area contributed by atoms with E-state index in [9.17, 15) is 26.7 Å². The Morgan fingerprint density at radius 1 is 1.19 bits per heavy atom. The third-order valence-corrected chi connectivity index (χ3v) is 6.44. The Hall–Kier alpha value is -3.68. The summed E-state index contributed by atoms with van der Waals surface area (Å²) < 4.78 is 87.5. The van der Waals surface area contributed by atoms with Gasteiger partial charge in [0.05, 0.1) is 19.9 Å². The van der Waals surface area contributed by atoms with Crippen molar-refractivity contribution in [1.29, 1.82) is 0 Å². The van der Waals surface area contributed by atoms with E-state index in [0.29, 0.717) is 0 Å². The summed E-state index contributed by atoms with van der Waals surface area (Å²) in [5, 5.41) is 11.3. The molecule has 0 amide bonds. The van der Waals surface area contributed by atoms with Crippen LogP contribution in [0.4, 0.5) is 22.0 Å². The number of aromatic nitrogens is 5. The van der Waals surface area contributed by atoms with Gasteiger partial charge < -0.3 is 14.2 Å². The summed E-state index contributed by atoms with van der Waals surface area (Å²) in [5.74, 6) is -6.59. The van der Waals surface area contributed by atoms with Crippen LogP contribution in [0.15, 0.2) is 30.5 Å². The van der Waals surface area contributed by atoms with E-state index in [-0.39, 0.29) is 22.8 Å². The van der Waals surface area contributed by atoms with Crippen LogP contribution < -0.4 is 4.74 Å². The van der Waals surface area contributed by atoms with E-state index in [1.165, 1.54) is 25.3 Å². The Kier molecular flexibility index (Phi) is 6.41. The number of pyridine rings is 1. The van der Waals surface area contributed by atoms with Gasteiger partial charge in [0.1, 0.15) is 11.8 Å². The van der Waals surface area contributed by atoms with Crippen LogP contribution in [0.25, 0.3) is 5.69 Å². The number of esters is 1. The summed E-state index contributed by atoms with van der Waals surface area (Å²) in [4.78, 5) is 15.8. The fraction of sp³-hybridized carbons (Fsp3) is 0.409. The molecule has 3 heterocycles. The number of nitrogens with zero attached hydrogens (tertiary/aromatic N) is 5. The number of carbonyl (C=O) groups is 1. The highest BCUT2D eigenvalue weighted by atomic mass is 19.4. The summed E-state index contributed by atoms with van der Waals surface area (Å²) in [6.07, 6.45) is -5.05. The van der Waals surface area contributed by atoms with E-state index < -0.39 is 53.1 Å². The highest BCUT2D eigenvalue weighted by Crippen LogP contribution is 2.59. The first-order chi connectivity index (χ1) is 16.9. The molecule has 9 nitrogen and oxygen atoms in total. The first kappa shape index (κ1) is 25.4. The highest BCUT2D eigenvalue weighted by Gasteiger charge is 2.65. The van der Waals surface area contributed by atoms with Gasteiger partial charge in [0.15, 0.2) is 23.0 Å². The van der Waals surface area contributed by atoms with Crippen molar-refractivity contribution in [3.63, 3.8) is 0 Å². The van der Waals surface area contributed by atoms with Crippen LogP contribution in [-0.4, -0.2) is 57.2 Å². The molecule has 14 heteroatoms. The number of tetrazole rings is 1. The molecule has 1 saturated heterocycles. The van der Waals surface area contributed by atoms with Gasteiger partial charge in [-0.2, -0.15) is 22.2 Å². The van der Waals surface area contributed by atoms with E-state index in [0.717, 1.165) is 38.0 Å². The van der Waals surface area contributed by atoms with E-state index in [2.05, 4.69) is 25.2 Å². The Balaban J connectivity index is 1.90. The predicted molar refractivity (Wildman–Crippen MR) is 111 cm³/mol. The minimum atomic E-state index is -4.84. The normalized spacial score (nSPS) is 24.1. The van der Waals surface area contributed by atoms with Crippen LogP contribution in [0.3, 0.4) is 0 Å². The van der Waals surface area contributed by atoms with Crippen LogP contribution in [0.2, 0.25) is 0 Å². The summed E-state index contributed by atoms with van der Waals surface area (Å²) in [6.45, 7) is 2.15. The number of benzene rings is 1. The van der Waals surface area contributed by atoms with E-state index >= 15 is 0 Å². The number of alkyl halides is 3. The highest BCUT2D eigenvalue weighted by molar-refractivity contribution is 5.87. The predicted octanol–water partition coefficient (Wildman–Crippen LogP) is 3.94. The lowest BCUT2D eigenvalue weighted by molar-refractivity contribution is -0.275. The van der Waals surface area contributed by atoms with Crippen LogP contribution >= 0.6 is 0 Å². The zero-order valence-electron chi connectivity index (χ0n) is 19.4. The third kappa shape index (κ3) is 3.94. The Labute approximate surface area is 201 Å². The van der Waals surface area contributed by atoms with Gasteiger partial charge in [0, 0.05) is 23.6 Å². The van der Waals surface area contributed by atoms with Gasteiger partial charge in [-0.3, -0.25) is 0 Å². The topological polar surface area (TPSA) is 101 Å². The van der Waals surface area contributed by atoms with Gasteiger partial charge >= 0.3 is 12.1 Å². The summed E-state index contributed by atoms with van der Waals surface area (Å²) >= 11 is 0. The molecule has 192 valence electrons. The average Bonchev–Trinajstić information content (AvgIpc) is 3.43. The van der Waals surface area contributed by atoms with Crippen molar-refractivity contribution >= 4 is 5.97 Å². The third-order valence-electron chi connectivity index (χ3n) is 6.44. The molecule has 1 aliphatic rings. The molecule has 0 bridgehead atoms. The summed E-state index contributed by atoms with van der Waals surface area (Å²) in [6, 6.07) is 4.64. The molecule has 0 spiro atoms. The second kappa shape index (κ2) is 9.08. The minimum absolute atomic E-state index is 0.0543. The van der Waals surface area contributed by atoms with E-state index in [1.54, 1.807) is 0 Å². The lowest BCUT2D eigenvalue weighted by Crippen LogP contribution is -2.46. The Morgan fingerprint density at radius 2 is 1.92 bits per heavy atom. The van der Waals surface area contributed by atoms with Crippen molar-refractivity contribution in [1.82, 2.24) is 25.2 Å². The Morgan fingerprint density at radius 3 is 2.56 bits per heavy atom. The summed E-state index contributed by atoms with van der Waals surface area (Å²) in [5.41, 5.74) is -2.68. The fourth-order valence-electron chi connectivity index (χ4n) is 4.36. The van der Waals surface area contributed by atoms with E-state index in [1.807, 2.05) is 0 Å². The zero-order valence-corrected chi connectivity index (χ0v) is 19.4. The van der Waals surface area contributed by atoms with Crippen LogP contribution in [0.1, 0.15) is 47.7 Å². The van der Waals surface area contributed by atoms with Crippen LogP contribution in [0.5, 0.6) is 5.75 Å². The second-order valence-electron chi connectivity index (χ2n) is 8.28. The molecule has 0 aliphatic carbocycles. The van der Waals surface area contributed by atoms with Crippen molar-refractivity contribution in [2.75, 3.05) is 14.2 Å². The standard InChI is InChI=1S/C22H20F5N5O4/c1-10-15(12-5-6-13(23)16(24)17(12)34-3)18(36-21(10,2)22(25,26)27)19-29-30-31-32(19)11-7-8-28-14(9-11)20(33)35-4/h5-10,15,18H,1-4H3/t10-,15-,18+,21+/m0/s1. The molecular weight excluding hydrogens is 493 g/mol. The van der Waals surface area contributed by atoms with Gasteiger partial charge in [-0.05, 0) is 35.5 Å². The molecule has 36 heavy (non-hydrogen) atoms. The maximum Gasteiger partial charge on any atom is 0.417 e. The number of rotatable bonds is 5. The molecule has 1 fully saturated rings. The minimum Gasteiger partial charge on any atom is -0.493 e. The number of hydrogen-bond donors (Lipinski definition) is 0. The second-order valence-corrected chi connectivity index (χ2v) is 8.28. The summed E-state index contributed by atoms with van der Waals surface area (Å²) in [7, 11) is 2.24. The van der Waals surface area contributed by atoms with Gasteiger partial charge in [-0.25, -0.2) is 14.2 Å². The molecule has 0 unspecified atom stereocenters. The quantitative estimate of drug-likeness (QED) is 0.374.